The molecule has 1 aliphatic heterocycles. The van der Waals surface area contributed by atoms with E-state index in [9.17, 15) is 14.4 Å². The highest BCUT2D eigenvalue weighted by Gasteiger charge is 2.23. The van der Waals surface area contributed by atoms with Crippen molar-refractivity contribution >= 4 is 17.5 Å². The van der Waals surface area contributed by atoms with E-state index in [1.807, 2.05) is 4.90 Å². The van der Waals surface area contributed by atoms with Crippen molar-refractivity contribution in [1.82, 2.24) is 9.47 Å². The van der Waals surface area contributed by atoms with Crippen LogP contribution in [0.2, 0.25) is 0 Å². The first-order valence-corrected chi connectivity index (χ1v) is 9.87. The number of amides is 2. The van der Waals surface area contributed by atoms with Gasteiger partial charge in [-0.3, -0.25) is 14.4 Å². The number of carbonyl (C=O) groups excluding carboxylic acids is 2. The van der Waals surface area contributed by atoms with Gasteiger partial charge in [0, 0.05) is 32.3 Å². The normalized spacial score (nSPS) is 19.0. The number of likely N-dealkylation sites (tertiary alicyclic amines) is 1. The third kappa shape index (κ3) is 4.34. The maximum Gasteiger partial charge on any atom is 0.274 e. The summed E-state index contributed by atoms with van der Waals surface area (Å²) in [6, 6.07) is 1.55. The first kappa shape index (κ1) is 18.7. The van der Waals surface area contributed by atoms with Crippen molar-refractivity contribution < 1.29 is 9.59 Å². The molecule has 0 unspecified atom stereocenters. The van der Waals surface area contributed by atoms with Gasteiger partial charge in [0.15, 0.2) is 0 Å². The summed E-state index contributed by atoms with van der Waals surface area (Å²) in [5.74, 6) is -0.185. The summed E-state index contributed by atoms with van der Waals surface area (Å²) >= 11 is 0. The molecular weight excluding hydrogens is 330 g/mol. The molecule has 1 saturated heterocycles. The fourth-order valence-corrected chi connectivity index (χ4v) is 3.97. The average Bonchev–Trinajstić information content (AvgIpc) is 2.94. The predicted octanol–water partition coefficient (Wildman–Crippen LogP) is 2.92. The second-order valence-corrected chi connectivity index (χ2v) is 7.59. The van der Waals surface area contributed by atoms with Crippen molar-refractivity contribution in [2.24, 2.45) is 13.0 Å². The molecule has 0 aromatic carbocycles. The molecule has 0 radical (unpaired) electrons. The molecule has 1 saturated carbocycles. The minimum atomic E-state index is -0.276. The molecule has 6 nitrogen and oxygen atoms in total. The van der Waals surface area contributed by atoms with Gasteiger partial charge in [-0.25, -0.2) is 0 Å². The minimum absolute atomic E-state index is 0.0292. The summed E-state index contributed by atoms with van der Waals surface area (Å²) in [6.07, 6.45) is 11.0. The lowest BCUT2D eigenvalue weighted by molar-refractivity contribution is -0.120. The van der Waals surface area contributed by atoms with E-state index in [0.717, 1.165) is 64.5 Å². The highest BCUT2D eigenvalue weighted by atomic mass is 16.2. The number of aryl methyl sites for hydroxylation is 1. The molecule has 1 aliphatic carbocycles. The Bertz CT molecular complexity index is 712. The van der Waals surface area contributed by atoms with Crippen LogP contribution in [0.25, 0.3) is 0 Å². The molecule has 1 N–H and O–H groups in total. The fourth-order valence-electron chi connectivity index (χ4n) is 3.97. The van der Waals surface area contributed by atoms with Gasteiger partial charge in [0.2, 0.25) is 5.91 Å². The Morgan fingerprint density at radius 3 is 2.27 bits per heavy atom. The SMILES string of the molecule is Cn1cc(C(=O)N2CCCCCC2)cc(NC(=O)C2CCCCC2)c1=O. The molecule has 2 amide bonds. The van der Waals surface area contributed by atoms with E-state index in [4.69, 9.17) is 0 Å². The summed E-state index contributed by atoms with van der Waals surface area (Å²) in [5.41, 5.74) is 0.401. The molecule has 6 heteroatoms. The Kier molecular flexibility index (Phi) is 6.12. The van der Waals surface area contributed by atoms with Gasteiger partial charge >= 0.3 is 0 Å². The molecule has 0 atom stereocenters. The maximum atomic E-state index is 12.9. The van der Waals surface area contributed by atoms with E-state index in [0.29, 0.717) is 5.56 Å². The number of pyridine rings is 1. The Morgan fingerprint density at radius 1 is 1.00 bits per heavy atom. The van der Waals surface area contributed by atoms with E-state index >= 15 is 0 Å². The minimum Gasteiger partial charge on any atom is -0.339 e. The number of rotatable bonds is 3. The van der Waals surface area contributed by atoms with E-state index in [1.54, 1.807) is 19.3 Å². The molecule has 1 aromatic rings. The van der Waals surface area contributed by atoms with Gasteiger partial charge in [0.25, 0.3) is 11.5 Å². The third-order valence-electron chi connectivity index (χ3n) is 5.56. The lowest BCUT2D eigenvalue weighted by atomic mass is 9.88. The number of nitrogens with zero attached hydrogens (tertiary/aromatic N) is 2. The number of hydrogen-bond donors (Lipinski definition) is 1. The van der Waals surface area contributed by atoms with Crippen molar-refractivity contribution in [3.8, 4) is 0 Å². The molecule has 2 heterocycles. The van der Waals surface area contributed by atoms with Gasteiger partial charge in [0.1, 0.15) is 5.69 Å². The molecule has 1 aromatic heterocycles. The summed E-state index contributed by atoms with van der Waals surface area (Å²) in [6.45, 7) is 1.51. The largest absolute Gasteiger partial charge is 0.339 e. The third-order valence-corrected chi connectivity index (χ3v) is 5.56. The highest BCUT2D eigenvalue weighted by molar-refractivity contribution is 5.97. The molecule has 0 spiro atoms. The van der Waals surface area contributed by atoms with Crippen molar-refractivity contribution in [1.29, 1.82) is 0 Å². The molecular formula is C20H29N3O3. The molecule has 2 aliphatic rings. The summed E-state index contributed by atoms with van der Waals surface area (Å²) in [4.78, 5) is 39.6. The Labute approximate surface area is 154 Å². The molecule has 26 heavy (non-hydrogen) atoms. The fraction of sp³-hybridized carbons (Fsp3) is 0.650. The monoisotopic (exact) mass is 359 g/mol. The van der Waals surface area contributed by atoms with Gasteiger partial charge < -0.3 is 14.8 Å². The summed E-state index contributed by atoms with van der Waals surface area (Å²) < 4.78 is 1.39. The Balaban J connectivity index is 1.78. The van der Waals surface area contributed by atoms with Crippen LogP contribution in [0, 0.1) is 5.92 Å². The smallest absolute Gasteiger partial charge is 0.274 e. The van der Waals surface area contributed by atoms with E-state index in [1.165, 1.54) is 11.0 Å². The van der Waals surface area contributed by atoms with Gasteiger partial charge in [-0.15, -0.1) is 0 Å². The first-order valence-electron chi connectivity index (χ1n) is 9.87. The number of carbonyl (C=O) groups is 2. The van der Waals surface area contributed by atoms with Crippen LogP contribution in [0.4, 0.5) is 5.69 Å². The van der Waals surface area contributed by atoms with E-state index in [2.05, 4.69) is 5.32 Å². The van der Waals surface area contributed by atoms with Gasteiger partial charge in [-0.1, -0.05) is 32.1 Å². The van der Waals surface area contributed by atoms with Gasteiger partial charge in [-0.05, 0) is 31.7 Å². The zero-order chi connectivity index (χ0) is 18.5. The van der Waals surface area contributed by atoms with Crippen molar-refractivity contribution in [2.75, 3.05) is 18.4 Å². The quantitative estimate of drug-likeness (QED) is 0.902. The van der Waals surface area contributed by atoms with Crippen LogP contribution in [-0.2, 0) is 11.8 Å². The van der Waals surface area contributed by atoms with Crippen molar-refractivity contribution in [3.05, 3.63) is 28.2 Å². The lowest BCUT2D eigenvalue weighted by Crippen LogP contribution is -2.34. The maximum absolute atomic E-state index is 12.9. The van der Waals surface area contributed by atoms with E-state index in [-0.39, 0.29) is 29.0 Å². The standard InChI is InChI=1S/C20H29N3O3/c1-22-14-16(19(25)23-11-7-2-3-8-12-23)13-17(20(22)26)21-18(24)15-9-5-4-6-10-15/h13-15H,2-12H2,1H3,(H,21,24). The summed E-state index contributed by atoms with van der Waals surface area (Å²) in [7, 11) is 1.62. The number of aromatic nitrogens is 1. The first-order chi connectivity index (χ1) is 12.6. The van der Waals surface area contributed by atoms with Crippen LogP contribution in [0.3, 0.4) is 0 Å². The second kappa shape index (κ2) is 8.52. The van der Waals surface area contributed by atoms with Crippen LogP contribution < -0.4 is 10.9 Å². The topological polar surface area (TPSA) is 71.4 Å². The average molecular weight is 359 g/mol. The molecule has 3 rings (SSSR count). The van der Waals surface area contributed by atoms with Crippen molar-refractivity contribution in [2.45, 2.75) is 57.8 Å². The summed E-state index contributed by atoms with van der Waals surface area (Å²) in [5, 5.41) is 2.79. The van der Waals surface area contributed by atoms with Crippen molar-refractivity contribution in [3.63, 3.8) is 0 Å². The zero-order valence-electron chi connectivity index (χ0n) is 15.6. The zero-order valence-corrected chi connectivity index (χ0v) is 15.6. The molecule has 2 fully saturated rings. The van der Waals surface area contributed by atoms with Crippen LogP contribution in [-0.4, -0.2) is 34.4 Å². The van der Waals surface area contributed by atoms with Crippen LogP contribution in [0.5, 0.6) is 0 Å². The van der Waals surface area contributed by atoms with E-state index < -0.39 is 0 Å². The Hall–Kier alpha value is -2.11. The Morgan fingerprint density at radius 2 is 1.62 bits per heavy atom. The predicted molar refractivity (Wildman–Crippen MR) is 101 cm³/mol. The number of anilines is 1. The van der Waals surface area contributed by atoms with Gasteiger partial charge in [0.05, 0.1) is 5.56 Å². The van der Waals surface area contributed by atoms with Crippen LogP contribution in [0.1, 0.15) is 68.1 Å². The van der Waals surface area contributed by atoms with Gasteiger partial charge in [-0.2, -0.15) is 0 Å². The number of nitrogens with one attached hydrogen (secondary N) is 1. The highest BCUT2D eigenvalue weighted by Crippen LogP contribution is 2.24. The van der Waals surface area contributed by atoms with Crippen LogP contribution in [0.15, 0.2) is 17.1 Å². The lowest BCUT2D eigenvalue weighted by Gasteiger charge is -2.22. The number of hydrogen-bond acceptors (Lipinski definition) is 3. The molecule has 142 valence electrons. The molecule has 0 bridgehead atoms. The second-order valence-electron chi connectivity index (χ2n) is 7.59. The van der Waals surface area contributed by atoms with Crippen LogP contribution >= 0.6 is 0 Å².